The number of aliphatic hydroxyl groups excluding tert-OH is 1. The highest BCUT2D eigenvalue weighted by molar-refractivity contribution is 5.90. The van der Waals surface area contributed by atoms with E-state index in [0.717, 1.165) is 42.1 Å². The number of piperidine rings is 1. The van der Waals surface area contributed by atoms with Gasteiger partial charge in [0.25, 0.3) is 0 Å². The number of para-hydroxylation sites is 1. The van der Waals surface area contributed by atoms with E-state index in [9.17, 15) is 9.59 Å². The molecule has 1 aliphatic heterocycles. The summed E-state index contributed by atoms with van der Waals surface area (Å²) >= 11 is 0. The minimum Gasteiger partial charge on any atom is -0.396 e. The quantitative estimate of drug-likeness (QED) is 0.300. The maximum atomic E-state index is 14.0. The number of hydrogen-bond acceptors (Lipinski definition) is 4. The summed E-state index contributed by atoms with van der Waals surface area (Å²) in [5.41, 5.74) is 4.71. The molecule has 2 aliphatic rings. The molecule has 0 unspecified atom stereocenters. The summed E-state index contributed by atoms with van der Waals surface area (Å²) in [6.07, 6.45) is 7.48. The Morgan fingerprint density at radius 2 is 1.82 bits per heavy atom. The molecule has 39 heavy (non-hydrogen) atoms. The normalized spacial score (nSPS) is 17.4. The smallest absolute Gasteiger partial charge is 0.245 e. The average molecular weight is 531 g/mol. The van der Waals surface area contributed by atoms with Crippen LogP contribution in [0.1, 0.15) is 62.6 Å². The Hall–Kier alpha value is -3.16. The molecule has 2 heterocycles. The Bertz CT molecular complexity index is 1310. The van der Waals surface area contributed by atoms with Crippen LogP contribution in [-0.2, 0) is 27.8 Å². The molecule has 0 saturated carbocycles. The first-order valence-electron chi connectivity index (χ1n) is 14.4. The molecule has 0 bridgehead atoms. The Kier molecular flexibility index (Phi) is 8.10. The number of benzene rings is 2. The van der Waals surface area contributed by atoms with E-state index in [4.69, 9.17) is 5.11 Å². The summed E-state index contributed by atoms with van der Waals surface area (Å²) in [6.45, 7) is 6.11. The third-order valence-electron chi connectivity index (χ3n) is 8.77. The number of aromatic amines is 1. The highest BCUT2D eigenvalue weighted by atomic mass is 16.3. The van der Waals surface area contributed by atoms with E-state index in [1.54, 1.807) is 0 Å². The maximum Gasteiger partial charge on any atom is 0.245 e. The average Bonchev–Trinajstić information content (AvgIpc) is 3.50. The molecule has 208 valence electrons. The van der Waals surface area contributed by atoms with E-state index in [0.29, 0.717) is 32.5 Å². The van der Waals surface area contributed by atoms with Gasteiger partial charge in [-0.25, -0.2) is 0 Å². The van der Waals surface area contributed by atoms with E-state index in [2.05, 4.69) is 45.9 Å². The summed E-state index contributed by atoms with van der Waals surface area (Å²) in [5.74, 6) is -0.145. The monoisotopic (exact) mass is 530 g/mol. The number of nitrogens with one attached hydrogen (secondary N) is 3. The molecule has 1 aliphatic carbocycles. The first-order chi connectivity index (χ1) is 18.8. The van der Waals surface area contributed by atoms with Crippen molar-refractivity contribution in [3.63, 3.8) is 0 Å². The van der Waals surface area contributed by atoms with Crippen molar-refractivity contribution in [1.29, 1.82) is 0 Å². The molecule has 0 radical (unpaired) electrons. The molecular formula is C32H42N4O3. The zero-order valence-electron chi connectivity index (χ0n) is 23.3. The number of aryl methyl sites for hydroxylation is 1. The fourth-order valence-corrected chi connectivity index (χ4v) is 6.59. The van der Waals surface area contributed by atoms with Gasteiger partial charge in [0, 0.05) is 55.2 Å². The van der Waals surface area contributed by atoms with Crippen molar-refractivity contribution in [2.24, 2.45) is 0 Å². The summed E-state index contributed by atoms with van der Waals surface area (Å²) in [5, 5.41) is 16.6. The number of hydrogen-bond donors (Lipinski definition) is 4. The van der Waals surface area contributed by atoms with Gasteiger partial charge in [-0.1, -0.05) is 42.5 Å². The molecule has 7 heteroatoms. The molecule has 2 amide bonds. The molecule has 1 saturated heterocycles. The molecule has 1 fully saturated rings. The van der Waals surface area contributed by atoms with Gasteiger partial charge in [-0.3, -0.25) is 9.59 Å². The Balaban J connectivity index is 1.30. The number of rotatable bonds is 10. The van der Waals surface area contributed by atoms with Crippen LogP contribution in [0.3, 0.4) is 0 Å². The lowest BCUT2D eigenvalue weighted by atomic mass is 9.74. The minimum atomic E-state index is -0.630. The van der Waals surface area contributed by atoms with Gasteiger partial charge in [0.05, 0.1) is 0 Å². The molecule has 4 N–H and O–H groups in total. The van der Waals surface area contributed by atoms with Gasteiger partial charge >= 0.3 is 0 Å². The van der Waals surface area contributed by atoms with Gasteiger partial charge in [-0.2, -0.15) is 0 Å². The standard InChI is InChI=1S/C32H42N4O3/c1-31(2,34-16-7-19-37)21-29(38)35-28(20-24-22-33-27-11-6-4-9-25(24)27)30(39)36-17-14-32(15-18-36)13-12-23-8-3-5-10-26(23)32/h3-6,8-11,22,28,33-34,37H,7,12-21H2,1-2H3,(H,35,38)/t28-/m1/s1. The van der Waals surface area contributed by atoms with Crippen LogP contribution in [0, 0.1) is 0 Å². The van der Waals surface area contributed by atoms with Gasteiger partial charge in [0.15, 0.2) is 0 Å². The van der Waals surface area contributed by atoms with E-state index < -0.39 is 11.6 Å². The summed E-state index contributed by atoms with van der Waals surface area (Å²) in [4.78, 5) is 32.5. The zero-order chi connectivity index (χ0) is 27.5. The predicted molar refractivity (Wildman–Crippen MR) is 155 cm³/mol. The molecule has 3 aromatic rings. The zero-order valence-corrected chi connectivity index (χ0v) is 23.3. The largest absolute Gasteiger partial charge is 0.396 e. The SMILES string of the molecule is CC(C)(CC(=O)N[C@H](Cc1c[nH]c2ccccc12)C(=O)N1CCC2(CCc3ccccc32)CC1)NCCCO. The number of H-pyrrole nitrogens is 1. The first kappa shape index (κ1) is 27.4. The second kappa shape index (κ2) is 11.5. The number of aromatic nitrogens is 1. The van der Waals surface area contributed by atoms with Gasteiger partial charge in [-0.05, 0) is 80.7 Å². The number of likely N-dealkylation sites (tertiary alicyclic amines) is 1. The highest BCUT2D eigenvalue weighted by Gasteiger charge is 2.42. The lowest BCUT2D eigenvalue weighted by molar-refractivity contribution is -0.138. The molecule has 7 nitrogen and oxygen atoms in total. The molecule has 1 spiro atoms. The van der Waals surface area contributed by atoms with Crippen LogP contribution in [0.4, 0.5) is 0 Å². The Morgan fingerprint density at radius 3 is 2.62 bits per heavy atom. The molecule has 5 rings (SSSR count). The number of nitrogens with zero attached hydrogens (tertiary/aromatic N) is 1. The molecule has 2 aromatic carbocycles. The Labute approximate surface area is 231 Å². The van der Waals surface area contributed by atoms with Gasteiger partial charge in [0.1, 0.15) is 6.04 Å². The number of fused-ring (bicyclic) bond motifs is 3. The van der Waals surface area contributed by atoms with Crippen molar-refractivity contribution in [2.75, 3.05) is 26.2 Å². The van der Waals surface area contributed by atoms with Crippen LogP contribution >= 0.6 is 0 Å². The summed E-state index contributed by atoms with van der Waals surface area (Å²) in [7, 11) is 0. The van der Waals surface area contributed by atoms with Crippen LogP contribution < -0.4 is 10.6 Å². The van der Waals surface area contributed by atoms with Crippen molar-refractivity contribution >= 4 is 22.7 Å². The number of carbonyl (C=O) groups excluding carboxylic acids is 2. The summed E-state index contributed by atoms with van der Waals surface area (Å²) in [6, 6.07) is 16.2. The van der Waals surface area contributed by atoms with Gasteiger partial charge < -0.3 is 25.6 Å². The molecule has 1 aromatic heterocycles. The van der Waals surface area contributed by atoms with Crippen molar-refractivity contribution in [2.45, 2.75) is 75.8 Å². The second-order valence-corrected chi connectivity index (χ2v) is 12.0. The van der Waals surface area contributed by atoms with Crippen molar-refractivity contribution in [1.82, 2.24) is 20.5 Å². The van der Waals surface area contributed by atoms with E-state index in [1.165, 1.54) is 11.1 Å². The van der Waals surface area contributed by atoms with Crippen LogP contribution in [0.25, 0.3) is 10.9 Å². The van der Waals surface area contributed by atoms with E-state index >= 15 is 0 Å². The van der Waals surface area contributed by atoms with Crippen LogP contribution in [0.2, 0.25) is 0 Å². The topological polar surface area (TPSA) is 97.5 Å². The third kappa shape index (κ3) is 6.04. The lowest BCUT2D eigenvalue weighted by Crippen LogP contribution is -2.54. The maximum absolute atomic E-state index is 14.0. The van der Waals surface area contributed by atoms with Crippen LogP contribution in [0.15, 0.2) is 54.7 Å². The van der Waals surface area contributed by atoms with E-state index in [1.807, 2.05) is 43.1 Å². The molecule has 1 atom stereocenters. The van der Waals surface area contributed by atoms with Crippen LogP contribution in [0.5, 0.6) is 0 Å². The lowest BCUT2D eigenvalue weighted by Gasteiger charge is -2.41. The highest BCUT2D eigenvalue weighted by Crippen LogP contribution is 2.46. The fourth-order valence-electron chi connectivity index (χ4n) is 6.59. The summed E-state index contributed by atoms with van der Waals surface area (Å²) < 4.78 is 0. The van der Waals surface area contributed by atoms with Gasteiger partial charge in [-0.15, -0.1) is 0 Å². The fraction of sp³-hybridized carbons (Fsp3) is 0.500. The number of amides is 2. The first-order valence-corrected chi connectivity index (χ1v) is 14.4. The second-order valence-electron chi connectivity index (χ2n) is 12.0. The predicted octanol–water partition coefficient (Wildman–Crippen LogP) is 3.84. The van der Waals surface area contributed by atoms with Crippen molar-refractivity contribution in [3.05, 3.63) is 71.4 Å². The van der Waals surface area contributed by atoms with Gasteiger partial charge in [0.2, 0.25) is 11.8 Å². The number of aliphatic hydroxyl groups is 1. The Morgan fingerprint density at radius 1 is 1.08 bits per heavy atom. The van der Waals surface area contributed by atoms with Crippen molar-refractivity contribution < 1.29 is 14.7 Å². The molecular weight excluding hydrogens is 488 g/mol. The van der Waals surface area contributed by atoms with Crippen LogP contribution in [-0.4, -0.2) is 64.6 Å². The number of carbonyl (C=O) groups is 2. The minimum absolute atomic E-state index is 0.000749. The third-order valence-corrected chi connectivity index (χ3v) is 8.77. The van der Waals surface area contributed by atoms with Crippen molar-refractivity contribution in [3.8, 4) is 0 Å². The van der Waals surface area contributed by atoms with E-state index in [-0.39, 0.29) is 30.3 Å².